The van der Waals surface area contributed by atoms with E-state index in [1.807, 2.05) is 55.4 Å². The van der Waals surface area contributed by atoms with E-state index in [1.165, 1.54) is 0 Å². The molecule has 2 N–H and O–H groups in total. The summed E-state index contributed by atoms with van der Waals surface area (Å²) in [4.78, 5) is 29.4. The van der Waals surface area contributed by atoms with E-state index in [9.17, 15) is 9.59 Å². The number of amides is 1. The number of carbonyl (C=O) groups excluding carboxylic acids is 1. The van der Waals surface area contributed by atoms with Gasteiger partial charge in [-0.05, 0) is 49.3 Å². The quantitative estimate of drug-likeness (QED) is 0.704. The molecule has 1 atom stereocenters. The van der Waals surface area contributed by atoms with Crippen LogP contribution >= 0.6 is 0 Å². The van der Waals surface area contributed by atoms with E-state index in [2.05, 4.69) is 10.3 Å². The van der Waals surface area contributed by atoms with Gasteiger partial charge in [-0.1, -0.05) is 30.3 Å². The fourth-order valence-electron chi connectivity index (χ4n) is 3.04. The monoisotopic (exact) mass is 365 g/mol. The molecule has 3 rings (SSSR count). The molecule has 0 saturated heterocycles. The Labute approximate surface area is 157 Å². The molecule has 27 heavy (non-hydrogen) atoms. The minimum absolute atomic E-state index is 0.00738. The number of nitrogens with zero attached hydrogens (tertiary/aromatic N) is 1. The minimum atomic E-state index is -0.307. The molecule has 1 amide bonds. The Morgan fingerprint density at radius 1 is 1.15 bits per heavy atom. The van der Waals surface area contributed by atoms with Crippen molar-refractivity contribution in [1.29, 1.82) is 0 Å². The number of aromatic nitrogens is 1. The van der Waals surface area contributed by atoms with Gasteiger partial charge in [-0.25, -0.2) is 0 Å². The molecule has 2 aromatic carbocycles. The first kappa shape index (κ1) is 18.7. The molecule has 0 fully saturated rings. The molecule has 1 aromatic heterocycles. The summed E-state index contributed by atoms with van der Waals surface area (Å²) >= 11 is 0. The molecule has 1 unspecified atom stereocenters. The molecular weight excluding hydrogens is 342 g/mol. The lowest BCUT2D eigenvalue weighted by molar-refractivity contribution is 0.0937. The number of rotatable bonds is 6. The number of benzene rings is 2. The molecule has 0 aliphatic rings. The highest BCUT2D eigenvalue weighted by Gasteiger charge is 2.17. The zero-order valence-electron chi connectivity index (χ0n) is 15.7. The summed E-state index contributed by atoms with van der Waals surface area (Å²) in [5.41, 5.74) is 1.05. The zero-order valence-corrected chi connectivity index (χ0v) is 15.7. The van der Waals surface area contributed by atoms with E-state index < -0.39 is 0 Å². The van der Waals surface area contributed by atoms with E-state index in [1.54, 1.807) is 25.3 Å². The van der Waals surface area contributed by atoms with Gasteiger partial charge >= 0.3 is 0 Å². The second-order valence-corrected chi connectivity index (χ2v) is 6.56. The van der Waals surface area contributed by atoms with Gasteiger partial charge in [0.1, 0.15) is 11.4 Å². The second-order valence-electron chi connectivity index (χ2n) is 6.56. The molecule has 0 bridgehead atoms. The zero-order chi connectivity index (χ0) is 19.4. The van der Waals surface area contributed by atoms with Crippen molar-refractivity contribution in [2.24, 2.45) is 0 Å². The average molecular weight is 365 g/mol. The number of H-pyrrole nitrogens is 1. The van der Waals surface area contributed by atoms with Crippen molar-refractivity contribution in [3.8, 4) is 5.75 Å². The van der Waals surface area contributed by atoms with Crippen LogP contribution in [0.5, 0.6) is 5.75 Å². The Morgan fingerprint density at radius 3 is 2.52 bits per heavy atom. The van der Waals surface area contributed by atoms with Crippen LogP contribution in [-0.2, 0) is 0 Å². The van der Waals surface area contributed by atoms with Gasteiger partial charge in [0.15, 0.2) is 0 Å². The van der Waals surface area contributed by atoms with Crippen LogP contribution in [0.1, 0.15) is 22.1 Å². The number of hydrogen-bond donors (Lipinski definition) is 2. The number of carbonyl (C=O) groups is 1. The Morgan fingerprint density at radius 2 is 1.85 bits per heavy atom. The third kappa shape index (κ3) is 4.17. The minimum Gasteiger partial charge on any atom is -0.497 e. The van der Waals surface area contributed by atoms with E-state index in [4.69, 9.17) is 4.74 Å². The van der Waals surface area contributed by atoms with Crippen molar-refractivity contribution < 1.29 is 9.53 Å². The van der Waals surface area contributed by atoms with Crippen LogP contribution < -0.4 is 15.6 Å². The first-order valence-corrected chi connectivity index (χ1v) is 8.70. The van der Waals surface area contributed by atoms with Gasteiger partial charge in [-0.3, -0.25) is 9.59 Å². The average Bonchev–Trinajstić information content (AvgIpc) is 2.68. The van der Waals surface area contributed by atoms with Gasteiger partial charge in [-0.2, -0.15) is 0 Å². The summed E-state index contributed by atoms with van der Waals surface area (Å²) in [6.45, 7) is 0.410. The summed E-state index contributed by atoms with van der Waals surface area (Å²) in [6.07, 6.45) is 0. The van der Waals surface area contributed by atoms with Crippen LogP contribution in [0.4, 0.5) is 0 Å². The standard InChI is InChI=1S/C21H23N3O3/c1-24(2)19(14-8-10-16(27-3)11-9-14)13-22-21(26)18-12-15-6-4-5-7-17(15)20(25)23-18/h4-12,19H,13H2,1-3H3,(H,22,26)(H,23,25). The Kier molecular flexibility index (Phi) is 5.57. The van der Waals surface area contributed by atoms with Gasteiger partial charge in [0.25, 0.3) is 11.5 Å². The van der Waals surface area contributed by atoms with Crippen LogP contribution in [0.3, 0.4) is 0 Å². The summed E-state index contributed by atoms with van der Waals surface area (Å²) in [7, 11) is 5.54. The van der Waals surface area contributed by atoms with E-state index in [0.717, 1.165) is 16.7 Å². The van der Waals surface area contributed by atoms with Gasteiger partial charge < -0.3 is 19.9 Å². The number of pyridine rings is 1. The lowest BCUT2D eigenvalue weighted by Gasteiger charge is -2.25. The second kappa shape index (κ2) is 8.05. The van der Waals surface area contributed by atoms with Crippen LogP contribution in [0.15, 0.2) is 59.4 Å². The fraction of sp³-hybridized carbons (Fsp3) is 0.238. The molecule has 0 aliphatic carbocycles. The van der Waals surface area contributed by atoms with Crippen molar-refractivity contribution >= 4 is 16.7 Å². The largest absolute Gasteiger partial charge is 0.497 e. The van der Waals surface area contributed by atoms with Crippen LogP contribution in [0.2, 0.25) is 0 Å². The molecule has 3 aromatic rings. The van der Waals surface area contributed by atoms with Gasteiger partial charge in [0.05, 0.1) is 13.2 Å². The van der Waals surface area contributed by atoms with Crippen molar-refractivity contribution in [3.63, 3.8) is 0 Å². The molecule has 0 aliphatic heterocycles. The Bertz CT molecular complexity index is 993. The normalized spacial score (nSPS) is 12.1. The summed E-state index contributed by atoms with van der Waals surface area (Å²) in [5, 5.41) is 4.23. The molecule has 6 nitrogen and oxygen atoms in total. The number of nitrogens with one attached hydrogen (secondary N) is 2. The van der Waals surface area contributed by atoms with Crippen molar-refractivity contribution in [2.45, 2.75) is 6.04 Å². The molecule has 1 heterocycles. The summed E-state index contributed by atoms with van der Waals surface area (Å²) in [6, 6.07) is 16.6. The van der Waals surface area contributed by atoms with Gasteiger partial charge in [-0.15, -0.1) is 0 Å². The highest BCUT2D eigenvalue weighted by molar-refractivity contribution is 5.96. The number of aromatic amines is 1. The van der Waals surface area contributed by atoms with E-state index in [0.29, 0.717) is 11.9 Å². The van der Waals surface area contributed by atoms with Crippen LogP contribution in [-0.4, -0.2) is 43.5 Å². The predicted octanol–water partition coefficient (Wildman–Crippen LogP) is 2.57. The van der Waals surface area contributed by atoms with Crippen LogP contribution in [0.25, 0.3) is 10.8 Å². The Hall–Kier alpha value is -3.12. The molecule has 0 spiro atoms. The molecular formula is C21H23N3O3. The van der Waals surface area contributed by atoms with Crippen LogP contribution in [0, 0.1) is 0 Å². The third-order valence-electron chi connectivity index (χ3n) is 4.58. The number of hydrogen-bond acceptors (Lipinski definition) is 4. The number of fused-ring (bicyclic) bond motifs is 1. The summed E-state index contributed by atoms with van der Waals surface area (Å²) in [5.74, 6) is 0.479. The van der Waals surface area contributed by atoms with Crippen molar-refractivity contribution in [1.82, 2.24) is 15.2 Å². The number of likely N-dealkylation sites (N-methyl/N-ethyl adjacent to an activating group) is 1. The fourth-order valence-corrected chi connectivity index (χ4v) is 3.04. The molecule has 6 heteroatoms. The SMILES string of the molecule is COc1ccc(C(CNC(=O)c2cc3ccccc3c(=O)[nH]2)N(C)C)cc1. The molecule has 140 valence electrons. The predicted molar refractivity (Wildman–Crippen MR) is 106 cm³/mol. The third-order valence-corrected chi connectivity index (χ3v) is 4.58. The van der Waals surface area contributed by atoms with Gasteiger partial charge in [0, 0.05) is 11.9 Å². The lowest BCUT2D eigenvalue weighted by atomic mass is 10.1. The molecule has 0 radical (unpaired) electrons. The highest BCUT2D eigenvalue weighted by atomic mass is 16.5. The topological polar surface area (TPSA) is 74.4 Å². The first-order valence-electron chi connectivity index (χ1n) is 8.70. The molecule has 0 saturated carbocycles. The Balaban J connectivity index is 1.77. The highest BCUT2D eigenvalue weighted by Crippen LogP contribution is 2.21. The van der Waals surface area contributed by atoms with E-state index in [-0.39, 0.29) is 23.2 Å². The maximum Gasteiger partial charge on any atom is 0.267 e. The van der Waals surface area contributed by atoms with Crippen molar-refractivity contribution in [3.05, 3.63) is 76.2 Å². The maximum absolute atomic E-state index is 12.6. The van der Waals surface area contributed by atoms with E-state index >= 15 is 0 Å². The smallest absolute Gasteiger partial charge is 0.267 e. The van der Waals surface area contributed by atoms with Gasteiger partial charge in [0.2, 0.25) is 0 Å². The number of methoxy groups -OCH3 is 1. The number of ether oxygens (including phenoxy) is 1. The summed E-state index contributed by atoms with van der Waals surface area (Å²) < 4.78 is 5.19. The maximum atomic E-state index is 12.6. The van der Waals surface area contributed by atoms with Crippen molar-refractivity contribution in [2.75, 3.05) is 27.7 Å². The lowest BCUT2D eigenvalue weighted by Crippen LogP contribution is -2.35. The first-order chi connectivity index (χ1) is 13.0.